The van der Waals surface area contributed by atoms with E-state index in [-0.39, 0.29) is 5.76 Å². The number of carbonyl (C=O) groups is 1. The average molecular weight is 320 g/mol. The van der Waals surface area contributed by atoms with E-state index in [0.29, 0.717) is 12.3 Å². The van der Waals surface area contributed by atoms with Gasteiger partial charge in [-0.25, -0.2) is 4.79 Å². The number of nitrogens with one attached hydrogen (secondary N) is 1. The lowest BCUT2D eigenvalue weighted by atomic mass is 10.2. The number of furan rings is 1. The summed E-state index contributed by atoms with van der Waals surface area (Å²) >= 11 is 0. The van der Waals surface area contributed by atoms with Crippen molar-refractivity contribution in [2.45, 2.75) is 6.54 Å². The van der Waals surface area contributed by atoms with Gasteiger partial charge in [0.25, 0.3) is 0 Å². The van der Waals surface area contributed by atoms with Gasteiger partial charge in [0.05, 0.1) is 19.0 Å². The van der Waals surface area contributed by atoms with Crippen LogP contribution in [-0.4, -0.2) is 12.2 Å². The summed E-state index contributed by atoms with van der Waals surface area (Å²) in [5.74, 6) is 0.0679. The number of carbonyl (C=O) groups excluding carboxylic acids is 1. The largest absolute Gasteiger partial charge is 0.457 e. The third-order valence-electron chi connectivity index (χ3n) is 3.22. The van der Waals surface area contributed by atoms with Gasteiger partial charge in [-0.3, -0.25) is 0 Å². The van der Waals surface area contributed by atoms with E-state index in [0.717, 1.165) is 11.1 Å². The maximum atomic E-state index is 11.8. The van der Waals surface area contributed by atoms with E-state index in [1.54, 1.807) is 36.5 Å². The van der Waals surface area contributed by atoms with Gasteiger partial charge in [0.15, 0.2) is 0 Å². The molecule has 0 bridgehead atoms. The minimum atomic E-state index is -0.531. The molecule has 0 saturated heterocycles. The Kier molecular flexibility index (Phi) is 5.04. The molecule has 0 saturated carbocycles. The van der Waals surface area contributed by atoms with Crippen molar-refractivity contribution in [1.29, 1.82) is 0 Å². The van der Waals surface area contributed by atoms with Crippen molar-refractivity contribution in [3.63, 3.8) is 0 Å². The summed E-state index contributed by atoms with van der Waals surface area (Å²) in [6.45, 7) is 0.643. The molecule has 0 aliphatic carbocycles. The third kappa shape index (κ3) is 4.33. The summed E-state index contributed by atoms with van der Waals surface area (Å²) in [7, 11) is 0. The van der Waals surface area contributed by atoms with Crippen molar-refractivity contribution in [1.82, 2.24) is 5.43 Å². The number of hydrogen-bond acceptors (Lipinski definition) is 5. The molecule has 0 radical (unpaired) electrons. The fraction of sp³-hybridized carbons (Fsp3) is 0.0526. The van der Waals surface area contributed by atoms with E-state index < -0.39 is 5.97 Å². The molecule has 5 nitrogen and oxygen atoms in total. The van der Waals surface area contributed by atoms with Crippen LogP contribution in [0.25, 0.3) is 0 Å². The van der Waals surface area contributed by atoms with Crippen LogP contribution in [0.1, 0.15) is 21.7 Å². The van der Waals surface area contributed by atoms with E-state index in [1.807, 2.05) is 36.4 Å². The number of hydrogen-bond donors (Lipinski definition) is 1. The quantitative estimate of drug-likeness (QED) is 0.326. The van der Waals surface area contributed by atoms with Crippen molar-refractivity contribution in [3.8, 4) is 5.75 Å². The van der Waals surface area contributed by atoms with Gasteiger partial charge in [-0.2, -0.15) is 5.10 Å². The van der Waals surface area contributed by atoms with Crippen LogP contribution in [0.15, 0.2) is 82.5 Å². The van der Waals surface area contributed by atoms with Crippen LogP contribution in [0.3, 0.4) is 0 Å². The number of rotatable bonds is 6. The molecule has 0 aliphatic heterocycles. The molecule has 3 aromatic rings. The smallest absolute Gasteiger partial charge is 0.379 e. The zero-order valence-electron chi connectivity index (χ0n) is 12.9. The van der Waals surface area contributed by atoms with Gasteiger partial charge < -0.3 is 14.6 Å². The second-order valence-electron chi connectivity index (χ2n) is 5.02. The Morgan fingerprint density at radius 2 is 1.96 bits per heavy atom. The highest BCUT2D eigenvalue weighted by atomic mass is 16.5. The molecule has 24 heavy (non-hydrogen) atoms. The molecule has 1 aromatic heterocycles. The van der Waals surface area contributed by atoms with Crippen LogP contribution >= 0.6 is 0 Å². The van der Waals surface area contributed by atoms with Gasteiger partial charge in [0.2, 0.25) is 5.76 Å². The van der Waals surface area contributed by atoms with Gasteiger partial charge >= 0.3 is 5.97 Å². The molecule has 0 spiro atoms. The topological polar surface area (TPSA) is 63.8 Å². The van der Waals surface area contributed by atoms with Gasteiger partial charge in [-0.1, -0.05) is 42.5 Å². The fourth-order valence-corrected chi connectivity index (χ4v) is 2.06. The summed E-state index contributed by atoms with van der Waals surface area (Å²) in [4.78, 5) is 11.8. The Balaban J connectivity index is 1.56. The molecule has 120 valence electrons. The maximum Gasteiger partial charge on any atom is 0.379 e. The molecular formula is C19H16N2O3. The SMILES string of the molecule is O=C(Oc1cccc(C=NNCc2ccccc2)c1)c1ccco1. The lowest BCUT2D eigenvalue weighted by Gasteiger charge is -2.03. The van der Waals surface area contributed by atoms with Crippen molar-refractivity contribution in [3.05, 3.63) is 89.9 Å². The maximum absolute atomic E-state index is 11.8. The highest BCUT2D eigenvalue weighted by Crippen LogP contribution is 2.14. The van der Waals surface area contributed by atoms with Gasteiger partial charge in [0.1, 0.15) is 5.75 Å². The monoisotopic (exact) mass is 320 g/mol. The van der Waals surface area contributed by atoms with Gasteiger partial charge in [-0.05, 0) is 35.4 Å². The van der Waals surface area contributed by atoms with E-state index in [1.165, 1.54) is 6.26 Å². The molecule has 1 heterocycles. The summed E-state index contributed by atoms with van der Waals surface area (Å²) in [6, 6.07) is 20.3. The van der Waals surface area contributed by atoms with E-state index >= 15 is 0 Å². The average Bonchev–Trinajstić information content (AvgIpc) is 3.15. The third-order valence-corrected chi connectivity index (χ3v) is 3.22. The first-order valence-electron chi connectivity index (χ1n) is 7.47. The Bertz CT molecular complexity index is 812. The second-order valence-corrected chi connectivity index (χ2v) is 5.02. The molecule has 1 N–H and O–H groups in total. The summed E-state index contributed by atoms with van der Waals surface area (Å²) in [5, 5.41) is 4.17. The first-order chi connectivity index (χ1) is 11.8. The zero-order chi connectivity index (χ0) is 16.6. The second kappa shape index (κ2) is 7.78. The van der Waals surface area contributed by atoms with Crippen LogP contribution in [0.2, 0.25) is 0 Å². The molecule has 0 aliphatic rings. The molecule has 0 atom stereocenters. The van der Waals surface area contributed by atoms with E-state index in [4.69, 9.17) is 9.15 Å². The molecule has 5 heteroatoms. The van der Waals surface area contributed by atoms with Gasteiger partial charge in [-0.15, -0.1) is 0 Å². The molecule has 2 aromatic carbocycles. The van der Waals surface area contributed by atoms with Crippen LogP contribution in [0, 0.1) is 0 Å². The predicted octanol–water partition coefficient (Wildman–Crippen LogP) is 3.62. The van der Waals surface area contributed by atoms with Crippen LogP contribution in [0.5, 0.6) is 5.75 Å². The number of nitrogens with zero attached hydrogens (tertiary/aromatic N) is 1. The van der Waals surface area contributed by atoms with Crippen LogP contribution in [-0.2, 0) is 6.54 Å². The molecular weight excluding hydrogens is 304 g/mol. The first kappa shape index (κ1) is 15.6. The summed E-state index contributed by atoms with van der Waals surface area (Å²) in [6.07, 6.45) is 3.10. The number of benzene rings is 2. The van der Waals surface area contributed by atoms with Crippen molar-refractivity contribution < 1.29 is 13.9 Å². The zero-order valence-corrected chi connectivity index (χ0v) is 12.9. The lowest BCUT2D eigenvalue weighted by molar-refractivity contribution is 0.0701. The standard InChI is InChI=1S/C19H16N2O3/c22-19(18-10-5-11-23-18)24-17-9-4-8-16(12-17)14-21-20-13-15-6-2-1-3-7-15/h1-12,14,20H,13H2. The minimum absolute atomic E-state index is 0.165. The minimum Gasteiger partial charge on any atom is -0.457 e. The molecule has 3 rings (SSSR count). The normalized spacial score (nSPS) is 10.7. The van der Waals surface area contributed by atoms with E-state index in [2.05, 4.69) is 10.5 Å². The van der Waals surface area contributed by atoms with Crippen molar-refractivity contribution in [2.24, 2.45) is 5.10 Å². The highest BCUT2D eigenvalue weighted by Gasteiger charge is 2.11. The molecule has 0 amide bonds. The fourth-order valence-electron chi connectivity index (χ4n) is 2.06. The van der Waals surface area contributed by atoms with Crippen molar-refractivity contribution >= 4 is 12.2 Å². The number of esters is 1. The predicted molar refractivity (Wildman–Crippen MR) is 91.0 cm³/mol. The first-order valence-corrected chi connectivity index (χ1v) is 7.47. The van der Waals surface area contributed by atoms with E-state index in [9.17, 15) is 4.79 Å². The summed E-state index contributed by atoms with van der Waals surface area (Å²) in [5.41, 5.74) is 4.95. The number of hydrazone groups is 1. The Morgan fingerprint density at radius 3 is 2.75 bits per heavy atom. The Morgan fingerprint density at radius 1 is 1.08 bits per heavy atom. The van der Waals surface area contributed by atoms with Crippen molar-refractivity contribution in [2.75, 3.05) is 0 Å². The Labute approximate surface area is 139 Å². The highest BCUT2D eigenvalue weighted by molar-refractivity contribution is 5.88. The Hall–Kier alpha value is -3.34. The van der Waals surface area contributed by atoms with Crippen LogP contribution < -0.4 is 10.2 Å². The lowest BCUT2D eigenvalue weighted by Crippen LogP contribution is -2.07. The summed E-state index contributed by atoms with van der Waals surface area (Å²) < 4.78 is 10.3. The van der Waals surface area contributed by atoms with Crippen LogP contribution in [0.4, 0.5) is 0 Å². The molecule has 0 fully saturated rings. The molecule has 0 unspecified atom stereocenters. The van der Waals surface area contributed by atoms with Gasteiger partial charge in [0, 0.05) is 0 Å². The number of ether oxygens (including phenoxy) is 1.